The van der Waals surface area contributed by atoms with Crippen molar-refractivity contribution in [2.45, 2.75) is 31.3 Å². The van der Waals surface area contributed by atoms with E-state index >= 15 is 0 Å². The number of likely N-dealkylation sites (tertiary alicyclic amines) is 1. The van der Waals surface area contributed by atoms with Gasteiger partial charge in [0.15, 0.2) is 0 Å². The van der Waals surface area contributed by atoms with Crippen molar-refractivity contribution in [3.8, 4) is 0 Å². The lowest BCUT2D eigenvalue weighted by Gasteiger charge is -2.28. The van der Waals surface area contributed by atoms with Gasteiger partial charge < -0.3 is 9.64 Å². The van der Waals surface area contributed by atoms with E-state index in [1.807, 2.05) is 0 Å². The molecule has 2 bridgehead atoms. The highest BCUT2D eigenvalue weighted by Crippen LogP contribution is 2.46. The molecule has 0 radical (unpaired) electrons. The topological polar surface area (TPSA) is 15.8 Å². The molecule has 0 amide bonds. The Balaban J connectivity index is 1.81. The van der Waals surface area contributed by atoms with Gasteiger partial charge in [-0.05, 0) is 44.6 Å². The molecular formula is C11H19NO. The van der Waals surface area contributed by atoms with E-state index in [0.717, 1.165) is 18.4 Å². The summed E-state index contributed by atoms with van der Waals surface area (Å²) in [4.78, 5) is 2.53. The molecule has 2 atom stereocenters. The van der Waals surface area contributed by atoms with Gasteiger partial charge in [-0.25, -0.2) is 0 Å². The van der Waals surface area contributed by atoms with E-state index in [9.17, 15) is 0 Å². The zero-order valence-corrected chi connectivity index (χ0v) is 8.46. The minimum Gasteiger partial charge on any atom is -0.370 e. The first-order valence-corrected chi connectivity index (χ1v) is 5.58. The van der Waals surface area contributed by atoms with Gasteiger partial charge in [-0.3, -0.25) is 0 Å². The predicted molar refractivity (Wildman–Crippen MR) is 51.6 cm³/mol. The van der Waals surface area contributed by atoms with E-state index in [2.05, 4.69) is 11.9 Å². The molecular weight excluding hydrogens is 162 g/mol. The number of nitrogens with zero attached hydrogens (tertiary/aromatic N) is 1. The lowest BCUT2D eigenvalue weighted by atomic mass is 9.90. The molecule has 74 valence electrons. The summed E-state index contributed by atoms with van der Waals surface area (Å²) >= 11 is 0. The molecule has 13 heavy (non-hydrogen) atoms. The van der Waals surface area contributed by atoms with Gasteiger partial charge in [0.1, 0.15) is 0 Å². The summed E-state index contributed by atoms with van der Waals surface area (Å²) in [6, 6.07) is 0. The lowest BCUT2D eigenvalue weighted by Crippen LogP contribution is -2.34. The second kappa shape index (κ2) is 2.71. The smallest absolute Gasteiger partial charge is 0.0922 e. The Labute approximate surface area is 80.2 Å². The van der Waals surface area contributed by atoms with Gasteiger partial charge in [-0.2, -0.15) is 0 Å². The Kier molecular flexibility index (Phi) is 1.72. The maximum atomic E-state index is 5.67. The minimum atomic E-state index is 0.368. The van der Waals surface area contributed by atoms with Crippen LogP contribution in [0.2, 0.25) is 0 Å². The van der Waals surface area contributed by atoms with Crippen LogP contribution in [-0.4, -0.2) is 37.2 Å². The van der Waals surface area contributed by atoms with E-state index < -0.39 is 0 Å². The second-order valence-electron chi connectivity index (χ2n) is 5.41. The van der Waals surface area contributed by atoms with Crippen LogP contribution in [0.15, 0.2) is 0 Å². The highest BCUT2D eigenvalue weighted by Gasteiger charge is 2.50. The molecule has 1 saturated carbocycles. The molecule has 1 spiro atoms. The SMILES string of the molecule is CN1CC2CCC(C1)CC1(CO1)C2. The summed E-state index contributed by atoms with van der Waals surface area (Å²) in [5.74, 6) is 1.83. The molecule has 2 unspecified atom stereocenters. The van der Waals surface area contributed by atoms with Gasteiger partial charge in [-0.1, -0.05) is 0 Å². The first-order valence-electron chi connectivity index (χ1n) is 5.58. The number of epoxide rings is 1. The van der Waals surface area contributed by atoms with Crippen molar-refractivity contribution in [2.75, 3.05) is 26.7 Å². The quantitative estimate of drug-likeness (QED) is 0.526. The molecule has 2 nitrogen and oxygen atoms in total. The van der Waals surface area contributed by atoms with Gasteiger partial charge >= 0.3 is 0 Å². The Morgan fingerprint density at radius 2 is 1.69 bits per heavy atom. The first-order chi connectivity index (χ1) is 6.26. The summed E-state index contributed by atoms with van der Waals surface area (Å²) in [5.41, 5.74) is 0.368. The number of hydrogen-bond donors (Lipinski definition) is 0. The molecule has 0 aromatic carbocycles. The van der Waals surface area contributed by atoms with Crippen LogP contribution in [0, 0.1) is 11.8 Å². The van der Waals surface area contributed by atoms with Crippen molar-refractivity contribution in [1.82, 2.24) is 4.90 Å². The Morgan fingerprint density at radius 3 is 2.15 bits per heavy atom. The summed E-state index contributed by atoms with van der Waals surface area (Å²) in [5, 5.41) is 0. The summed E-state index contributed by atoms with van der Waals surface area (Å²) in [6.45, 7) is 3.67. The third kappa shape index (κ3) is 1.50. The number of ether oxygens (including phenoxy) is 1. The Bertz CT molecular complexity index is 194. The number of fused-ring (bicyclic) bond motifs is 3. The molecule has 0 aromatic heterocycles. The standard InChI is InChI=1S/C11H19NO/c1-12-6-9-2-3-10(7-12)5-11(4-9)8-13-11/h9-10H,2-8H2,1H3. The van der Waals surface area contributed by atoms with Gasteiger partial charge in [0.2, 0.25) is 0 Å². The lowest BCUT2D eigenvalue weighted by molar-refractivity contribution is 0.164. The normalized spacial score (nSPS) is 50.5. The maximum Gasteiger partial charge on any atom is 0.0922 e. The molecule has 3 aliphatic rings. The molecule has 2 saturated heterocycles. The van der Waals surface area contributed by atoms with Gasteiger partial charge in [0, 0.05) is 13.1 Å². The van der Waals surface area contributed by atoms with Crippen molar-refractivity contribution >= 4 is 0 Å². The van der Waals surface area contributed by atoms with E-state index in [-0.39, 0.29) is 0 Å². The fourth-order valence-corrected chi connectivity index (χ4v) is 3.42. The van der Waals surface area contributed by atoms with Crippen molar-refractivity contribution in [3.63, 3.8) is 0 Å². The van der Waals surface area contributed by atoms with E-state index in [0.29, 0.717) is 5.60 Å². The summed E-state index contributed by atoms with van der Waals surface area (Å²) < 4.78 is 5.67. The van der Waals surface area contributed by atoms with Crippen molar-refractivity contribution in [1.29, 1.82) is 0 Å². The Hall–Kier alpha value is -0.0800. The van der Waals surface area contributed by atoms with E-state index in [1.54, 1.807) is 0 Å². The average molecular weight is 181 g/mol. The number of hydrogen-bond acceptors (Lipinski definition) is 2. The molecule has 2 heterocycles. The third-order valence-electron chi connectivity index (χ3n) is 4.00. The van der Waals surface area contributed by atoms with Crippen LogP contribution < -0.4 is 0 Å². The fraction of sp³-hybridized carbons (Fsp3) is 1.00. The summed E-state index contributed by atoms with van der Waals surface area (Å²) in [7, 11) is 2.27. The molecule has 0 N–H and O–H groups in total. The second-order valence-corrected chi connectivity index (χ2v) is 5.41. The van der Waals surface area contributed by atoms with Crippen LogP contribution in [0.5, 0.6) is 0 Å². The first kappa shape index (κ1) is 8.25. The monoisotopic (exact) mass is 181 g/mol. The zero-order valence-electron chi connectivity index (χ0n) is 8.46. The molecule has 3 fully saturated rings. The highest BCUT2D eigenvalue weighted by atomic mass is 16.6. The molecule has 2 aliphatic heterocycles. The van der Waals surface area contributed by atoms with Gasteiger partial charge in [0.25, 0.3) is 0 Å². The van der Waals surface area contributed by atoms with Crippen LogP contribution in [0.4, 0.5) is 0 Å². The van der Waals surface area contributed by atoms with Crippen molar-refractivity contribution in [3.05, 3.63) is 0 Å². The average Bonchev–Trinajstić information content (AvgIpc) is 2.80. The van der Waals surface area contributed by atoms with Crippen LogP contribution in [0.3, 0.4) is 0 Å². The molecule has 2 heteroatoms. The molecule has 0 aromatic rings. The van der Waals surface area contributed by atoms with E-state index in [4.69, 9.17) is 4.74 Å². The molecule has 1 aliphatic carbocycles. The Morgan fingerprint density at radius 1 is 1.15 bits per heavy atom. The zero-order chi connectivity index (χ0) is 8.89. The van der Waals surface area contributed by atoms with Crippen molar-refractivity contribution < 1.29 is 4.74 Å². The van der Waals surface area contributed by atoms with Crippen molar-refractivity contribution in [2.24, 2.45) is 11.8 Å². The number of rotatable bonds is 0. The van der Waals surface area contributed by atoms with E-state index in [1.165, 1.54) is 38.8 Å². The van der Waals surface area contributed by atoms with Gasteiger partial charge in [0.05, 0.1) is 12.2 Å². The predicted octanol–water partition coefficient (Wildman–Crippen LogP) is 1.51. The summed E-state index contributed by atoms with van der Waals surface area (Å²) in [6.07, 6.45) is 5.57. The minimum absolute atomic E-state index is 0.368. The third-order valence-corrected chi connectivity index (χ3v) is 4.00. The van der Waals surface area contributed by atoms with Crippen LogP contribution in [0.1, 0.15) is 25.7 Å². The largest absolute Gasteiger partial charge is 0.370 e. The fourth-order valence-electron chi connectivity index (χ4n) is 3.42. The molecule has 3 rings (SSSR count). The van der Waals surface area contributed by atoms with Crippen LogP contribution in [-0.2, 0) is 4.74 Å². The van der Waals surface area contributed by atoms with Crippen LogP contribution >= 0.6 is 0 Å². The highest BCUT2D eigenvalue weighted by molar-refractivity contribution is 5.00. The maximum absolute atomic E-state index is 5.67. The van der Waals surface area contributed by atoms with Crippen LogP contribution in [0.25, 0.3) is 0 Å². The van der Waals surface area contributed by atoms with Gasteiger partial charge in [-0.15, -0.1) is 0 Å².